The van der Waals surface area contributed by atoms with Crippen LogP contribution in [0, 0.1) is 10.1 Å². The molecular weight excluding hydrogens is 704 g/mol. The topological polar surface area (TPSA) is 289 Å². The molecule has 1 aliphatic rings. The van der Waals surface area contributed by atoms with E-state index in [0.29, 0.717) is 12.0 Å². The summed E-state index contributed by atoms with van der Waals surface area (Å²) in [6.45, 7) is 0.760. The van der Waals surface area contributed by atoms with Crippen molar-refractivity contribution in [3.05, 3.63) is 99.6 Å². The van der Waals surface area contributed by atoms with E-state index in [1.807, 2.05) is 0 Å². The van der Waals surface area contributed by atoms with Crippen LogP contribution >= 0.6 is 0 Å². The van der Waals surface area contributed by atoms with Gasteiger partial charge in [-0.2, -0.15) is 0 Å². The smallest absolute Gasteiger partial charge is 0.310 e. The van der Waals surface area contributed by atoms with Crippen molar-refractivity contribution in [2.75, 3.05) is 18.9 Å². The molecular formula is C36H42N8O10. The number of amides is 6. The number of rotatable bonds is 16. The summed E-state index contributed by atoms with van der Waals surface area (Å²) in [4.78, 5) is 90.8. The lowest BCUT2D eigenvalue weighted by atomic mass is 10.0. The molecule has 1 aliphatic heterocycles. The van der Waals surface area contributed by atoms with Crippen molar-refractivity contribution in [1.82, 2.24) is 26.2 Å². The Bertz CT molecular complexity index is 1890. The summed E-state index contributed by atoms with van der Waals surface area (Å²) >= 11 is 0. The maximum atomic E-state index is 13.7. The second-order valence-electron chi connectivity index (χ2n) is 12.7. The first-order chi connectivity index (χ1) is 25.7. The first-order valence-corrected chi connectivity index (χ1v) is 17.0. The zero-order valence-corrected chi connectivity index (χ0v) is 29.3. The van der Waals surface area contributed by atoms with Gasteiger partial charge in [-0.25, -0.2) is 0 Å². The second-order valence-corrected chi connectivity index (χ2v) is 12.7. The van der Waals surface area contributed by atoms with Crippen molar-refractivity contribution >= 4 is 46.8 Å². The van der Waals surface area contributed by atoms with Crippen molar-refractivity contribution < 1.29 is 43.9 Å². The maximum Gasteiger partial charge on any atom is 0.310 e. The monoisotopic (exact) mass is 746 g/mol. The lowest BCUT2D eigenvalue weighted by Crippen LogP contribution is -2.59. The molecule has 1 heterocycles. The van der Waals surface area contributed by atoms with Gasteiger partial charge in [0.05, 0.1) is 17.1 Å². The van der Waals surface area contributed by atoms with Gasteiger partial charge in [-0.15, -0.1) is 0 Å². The van der Waals surface area contributed by atoms with Gasteiger partial charge in [0, 0.05) is 31.1 Å². The number of likely N-dealkylation sites (tertiary alicyclic amines) is 1. The minimum absolute atomic E-state index is 0.0232. The zero-order valence-electron chi connectivity index (χ0n) is 29.3. The third-order valence-electron chi connectivity index (χ3n) is 8.83. The number of para-hydroxylation sites is 1. The van der Waals surface area contributed by atoms with Gasteiger partial charge in [-0.05, 0) is 49.1 Å². The Kier molecular flexibility index (Phi) is 13.6. The number of primary amides is 1. The SMILES string of the molecule is C[C@H](NC(=O)[C@H](CO)NC(=O)c1ccccc1N)C(=O)N1CCC[C@H]1C(=O)N[C@@H](Cc1ccccc1)C(=O)N[C@@H](Cc1ccc(O)c([N+](=O)[O-])c1)C(N)=O. The number of carbonyl (C=O) groups excluding carboxylic acids is 6. The first kappa shape index (κ1) is 40.2. The van der Waals surface area contributed by atoms with Gasteiger partial charge < -0.3 is 47.8 Å². The quantitative estimate of drug-likeness (QED) is 0.0521. The minimum Gasteiger partial charge on any atom is -0.502 e. The van der Waals surface area contributed by atoms with E-state index in [0.717, 1.165) is 12.1 Å². The van der Waals surface area contributed by atoms with Gasteiger partial charge in [-0.3, -0.25) is 38.9 Å². The lowest BCUT2D eigenvalue weighted by Gasteiger charge is -2.29. The number of nitrogens with two attached hydrogens (primary N) is 2. The van der Waals surface area contributed by atoms with E-state index in [-0.39, 0.29) is 42.6 Å². The highest BCUT2D eigenvalue weighted by Crippen LogP contribution is 2.27. The van der Waals surface area contributed by atoms with Crippen molar-refractivity contribution in [3.8, 4) is 5.75 Å². The van der Waals surface area contributed by atoms with Crippen LogP contribution in [0.5, 0.6) is 5.75 Å². The summed E-state index contributed by atoms with van der Waals surface area (Å²) in [5.74, 6) is -5.21. The number of anilines is 1. The highest BCUT2D eigenvalue weighted by molar-refractivity contribution is 6.02. The number of aliphatic hydroxyl groups excluding tert-OH is 1. The van der Waals surface area contributed by atoms with Crippen LogP contribution in [0.1, 0.15) is 41.3 Å². The number of nitro benzene ring substituents is 1. The van der Waals surface area contributed by atoms with Gasteiger partial charge in [0.2, 0.25) is 29.5 Å². The van der Waals surface area contributed by atoms with Gasteiger partial charge in [0.1, 0.15) is 30.2 Å². The Labute approximate surface area is 309 Å². The highest BCUT2D eigenvalue weighted by atomic mass is 16.6. The second kappa shape index (κ2) is 18.3. The van der Waals surface area contributed by atoms with Crippen molar-refractivity contribution in [2.24, 2.45) is 5.73 Å². The Balaban J connectivity index is 1.45. The molecule has 10 N–H and O–H groups in total. The average Bonchev–Trinajstić information content (AvgIpc) is 3.64. The summed E-state index contributed by atoms with van der Waals surface area (Å²) in [6, 6.07) is 12.0. The molecule has 0 radical (unpaired) electrons. The van der Waals surface area contributed by atoms with Crippen LogP contribution < -0.4 is 32.7 Å². The molecule has 0 aliphatic carbocycles. The molecule has 3 aromatic rings. The number of aliphatic hydroxyl groups is 1. The van der Waals surface area contributed by atoms with Crippen LogP contribution in [0.25, 0.3) is 0 Å². The van der Waals surface area contributed by atoms with E-state index >= 15 is 0 Å². The molecule has 1 saturated heterocycles. The molecule has 0 unspecified atom stereocenters. The molecule has 286 valence electrons. The maximum absolute atomic E-state index is 13.7. The zero-order chi connectivity index (χ0) is 39.5. The highest BCUT2D eigenvalue weighted by Gasteiger charge is 2.38. The van der Waals surface area contributed by atoms with E-state index in [2.05, 4.69) is 21.3 Å². The first-order valence-electron chi connectivity index (χ1n) is 17.0. The molecule has 1 fully saturated rings. The fourth-order valence-electron chi connectivity index (χ4n) is 5.96. The predicted molar refractivity (Wildman–Crippen MR) is 193 cm³/mol. The van der Waals surface area contributed by atoms with Crippen LogP contribution in [0.2, 0.25) is 0 Å². The van der Waals surface area contributed by atoms with Crippen LogP contribution in [0.15, 0.2) is 72.8 Å². The fourth-order valence-corrected chi connectivity index (χ4v) is 5.96. The molecule has 4 rings (SSSR count). The van der Waals surface area contributed by atoms with Crippen molar-refractivity contribution in [1.29, 1.82) is 0 Å². The van der Waals surface area contributed by atoms with E-state index in [9.17, 15) is 49.1 Å². The molecule has 0 saturated carbocycles. The summed E-state index contributed by atoms with van der Waals surface area (Å²) in [7, 11) is 0. The van der Waals surface area contributed by atoms with Crippen LogP contribution in [0.4, 0.5) is 11.4 Å². The molecule has 3 aromatic carbocycles. The minimum atomic E-state index is -1.42. The number of carbonyl (C=O) groups is 6. The molecule has 18 heteroatoms. The average molecular weight is 747 g/mol. The van der Waals surface area contributed by atoms with Gasteiger partial charge in [-0.1, -0.05) is 48.5 Å². The van der Waals surface area contributed by atoms with Crippen LogP contribution in [-0.2, 0) is 36.8 Å². The summed E-state index contributed by atoms with van der Waals surface area (Å²) in [5, 5.41) is 41.0. The number of nitro groups is 1. The van der Waals surface area contributed by atoms with Gasteiger partial charge in [0.15, 0.2) is 5.75 Å². The predicted octanol–water partition coefficient (Wildman–Crippen LogP) is -0.591. The molecule has 0 aromatic heterocycles. The number of aromatic hydroxyl groups is 1. The molecule has 54 heavy (non-hydrogen) atoms. The number of nitrogens with one attached hydrogen (secondary N) is 4. The van der Waals surface area contributed by atoms with E-state index in [1.54, 1.807) is 42.5 Å². The molecule has 6 amide bonds. The van der Waals surface area contributed by atoms with E-state index in [4.69, 9.17) is 11.5 Å². The fraction of sp³-hybridized carbons (Fsp3) is 0.333. The third-order valence-corrected chi connectivity index (χ3v) is 8.83. The number of nitrogen functional groups attached to an aromatic ring is 1. The summed E-state index contributed by atoms with van der Waals surface area (Å²) in [6.07, 6.45) is 0.375. The van der Waals surface area contributed by atoms with E-state index < -0.39 is 88.6 Å². The normalized spacial score (nSPS) is 15.9. The molecule has 0 spiro atoms. The van der Waals surface area contributed by atoms with E-state index in [1.165, 1.54) is 30.0 Å². The van der Waals surface area contributed by atoms with Crippen LogP contribution in [-0.4, -0.2) is 98.8 Å². The molecule has 5 atom stereocenters. The number of nitrogens with zero attached hydrogens (tertiary/aromatic N) is 2. The van der Waals surface area contributed by atoms with Gasteiger partial charge >= 0.3 is 5.69 Å². The number of phenolic OH excluding ortho intramolecular Hbond substituents is 1. The standard InChI is InChI=1S/C36H42N8O10/c1-20(39-34(50)27(19-45)42-32(48)23-10-5-6-11-24(23)37)36(52)43-15-7-12-28(43)35(51)41-26(16-21-8-3-2-4-9-21)33(49)40-25(31(38)47)17-22-13-14-30(46)29(18-22)44(53)54/h2-6,8-11,13-14,18,20,25-28,45-46H,7,12,15-17,19,37H2,1H3,(H2,38,47)(H,39,50)(H,40,49)(H,41,51)(H,42,48)/t20-,25-,26-,27-,28-/m0/s1. The number of hydrogen-bond donors (Lipinski definition) is 8. The molecule has 0 bridgehead atoms. The van der Waals surface area contributed by atoms with Crippen molar-refractivity contribution in [2.45, 2.75) is 62.8 Å². The van der Waals surface area contributed by atoms with Crippen molar-refractivity contribution in [3.63, 3.8) is 0 Å². The Hall–Kier alpha value is -6.56. The molecule has 18 nitrogen and oxygen atoms in total. The number of phenols is 1. The number of hydrogen-bond acceptors (Lipinski definition) is 11. The lowest BCUT2D eigenvalue weighted by molar-refractivity contribution is -0.385. The van der Waals surface area contributed by atoms with Crippen LogP contribution in [0.3, 0.4) is 0 Å². The summed E-state index contributed by atoms with van der Waals surface area (Å²) < 4.78 is 0. The summed E-state index contributed by atoms with van der Waals surface area (Å²) in [5.41, 5.74) is 11.9. The largest absolute Gasteiger partial charge is 0.502 e. The Morgan fingerprint density at radius 1 is 0.870 bits per heavy atom. The Morgan fingerprint density at radius 3 is 2.17 bits per heavy atom. The third kappa shape index (κ3) is 10.3. The Morgan fingerprint density at radius 2 is 1.52 bits per heavy atom. The number of benzene rings is 3. The van der Waals surface area contributed by atoms with Gasteiger partial charge in [0.25, 0.3) is 5.91 Å².